The number of hydrogen-bond donors (Lipinski definition) is 2. The Balaban J connectivity index is 1.84. The Kier molecular flexibility index (Phi) is 3.17. The standard InChI is InChI=1S/C15H13BrN2O/c16-11-3-1-4-12(7-11)19-9-10-8-18-15-13(10)5-2-6-14(15)17/h1-8,18H,9,17H2. The number of hydrogen-bond acceptors (Lipinski definition) is 2. The van der Waals surface area contributed by atoms with Crippen molar-refractivity contribution < 1.29 is 4.74 Å². The number of para-hydroxylation sites is 1. The number of halogens is 1. The van der Waals surface area contributed by atoms with Crippen LogP contribution in [0.5, 0.6) is 5.75 Å². The molecule has 0 bridgehead atoms. The molecule has 0 saturated heterocycles. The van der Waals surface area contributed by atoms with Crippen LogP contribution in [0.4, 0.5) is 5.69 Å². The van der Waals surface area contributed by atoms with Gasteiger partial charge >= 0.3 is 0 Å². The molecule has 2 aromatic carbocycles. The SMILES string of the molecule is Nc1cccc2c(COc3cccc(Br)c3)c[nH]c12. The third kappa shape index (κ3) is 2.44. The fraction of sp³-hybridized carbons (Fsp3) is 0.0667. The molecule has 4 heteroatoms. The van der Waals surface area contributed by atoms with Gasteiger partial charge in [-0.1, -0.05) is 34.1 Å². The lowest BCUT2D eigenvalue weighted by atomic mass is 10.1. The van der Waals surface area contributed by atoms with Crippen LogP contribution in [0, 0.1) is 0 Å². The van der Waals surface area contributed by atoms with Gasteiger partial charge in [-0.2, -0.15) is 0 Å². The molecule has 0 radical (unpaired) electrons. The molecule has 0 amide bonds. The van der Waals surface area contributed by atoms with E-state index in [-0.39, 0.29) is 0 Å². The highest BCUT2D eigenvalue weighted by molar-refractivity contribution is 9.10. The summed E-state index contributed by atoms with van der Waals surface area (Å²) in [6.07, 6.45) is 1.94. The lowest BCUT2D eigenvalue weighted by molar-refractivity contribution is 0.307. The zero-order chi connectivity index (χ0) is 13.2. The molecule has 96 valence electrons. The predicted molar refractivity (Wildman–Crippen MR) is 81.2 cm³/mol. The first-order chi connectivity index (χ1) is 9.24. The average molecular weight is 317 g/mol. The number of H-pyrrole nitrogens is 1. The Morgan fingerprint density at radius 3 is 2.84 bits per heavy atom. The van der Waals surface area contributed by atoms with Crippen LogP contribution < -0.4 is 10.5 Å². The molecule has 0 aliphatic rings. The summed E-state index contributed by atoms with van der Waals surface area (Å²) in [5.74, 6) is 0.840. The number of nitrogens with two attached hydrogens (primary N) is 1. The molecular weight excluding hydrogens is 304 g/mol. The molecule has 3 aromatic rings. The van der Waals surface area contributed by atoms with E-state index < -0.39 is 0 Å². The topological polar surface area (TPSA) is 51.0 Å². The minimum absolute atomic E-state index is 0.514. The van der Waals surface area contributed by atoms with Crippen LogP contribution in [-0.4, -0.2) is 4.98 Å². The van der Waals surface area contributed by atoms with Crippen molar-refractivity contribution in [1.29, 1.82) is 0 Å². The van der Waals surface area contributed by atoms with Crippen LogP contribution in [0.15, 0.2) is 53.1 Å². The number of rotatable bonds is 3. The third-order valence-corrected chi connectivity index (χ3v) is 3.52. The second-order valence-corrected chi connectivity index (χ2v) is 5.25. The molecule has 19 heavy (non-hydrogen) atoms. The highest BCUT2D eigenvalue weighted by Crippen LogP contribution is 2.25. The van der Waals surface area contributed by atoms with Gasteiger partial charge in [-0.15, -0.1) is 0 Å². The van der Waals surface area contributed by atoms with Gasteiger partial charge in [-0.3, -0.25) is 0 Å². The van der Waals surface area contributed by atoms with Crippen LogP contribution >= 0.6 is 15.9 Å². The fourth-order valence-electron chi connectivity index (χ4n) is 2.07. The molecular formula is C15H13BrN2O. The maximum Gasteiger partial charge on any atom is 0.120 e. The third-order valence-electron chi connectivity index (χ3n) is 3.02. The first-order valence-corrected chi connectivity index (χ1v) is 6.76. The Morgan fingerprint density at radius 2 is 2.00 bits per heavy atom. The van der Waals surface area contributed by atoms with Crippen molar-refractivity contribution in [2.24, 2.45) is 0 Å². The van der Waals surface area contributed by atoms with Crippen LogP contribution in [-0.2, 0) is 6.61 Å². The van der Waals surface area contributed by atoms with E-state index in [1.54, 1.807) is 0 Å². The van der Waals surface area contributed by atoms with Crippen molar-refractivity contribution in [3.8, 4) is 5.75 Å². The smallest absolute Gasteiger partial charge is 0.120 e. The minimum atomic E-state index is 0.514. The van der Waals surface area contributed by atoms with Gasteiger partial charge in [0.25, 0.3) is 0 Å². The van der Waals surface area contributed by atoms with E-state index in [4.69, 9.17) is 10.5 Å². The minimum Gasteiger partial charge on any atom is -0.489 e. The second kappa shape index (κ2) is 4.97. The lowest BCUT2D eigenvalue weighted by Crippen LogP contribution is -1.94. The summed E-state index contributed by atoms with van der Waals surface area (Å²) in [5.41, 5.74) is 8.74. The number of fused-ring (bicyclic) bond motifs is 1. The van der Waals surface area contributed by atoms with Crippen LogP contribution in [0.25, 0.3) is 10.9 Å². The van der Waals surface area contributed by atoms with Crippen molar-refractivity contribution >= 4 is 32.5 Å². The Hall–Kier alpha value is -1.94. The molecule has 0 aliphatic heterocycles. The monoisotopic (exact) mass is 316 g/mol. The molecule has 3 nitrogen and oxygen atoms in total. The molecule has 0 fully saturated rings. The van der Waals surface area contributed by atoms with Gasteiger partial charge in [0.15, 0.2) is 0 Å². The largest absolute Gasteiger partial charge is 0.489 e. The summed E-state index contributed by atoms with van der Waals surface area (Å²) >= 11 is 3.43. The van der Waals surface area contributed by atoms with Gasteiger partial charge in [0, 0.05) is 21.6 Å². The zero-order valence-corrected chi connectivity index (χ0v) is 11.8. The van der Waals surface area contributed by atoms with Gasteiger partial charge in [0.1, 0.15) is 12.4 Å². The summed E-state index contributed by atoms with van der Waals surface area (Å²) in [6, 6.07) is 13.7. The Labute approximate surface area is 119 Å². The van der Waals surface area contributed by atoms with Crippen molar-refractivity contribution in [1.82, 2.24) is 4.98 Å². The summed E-state index contributed by atoms with van der Waals surface area (Å²) in [4.78, 5) is 3.19. The first-order valence-electron chi connectivity index (χ1n) is 5.97. The number of nitrogen functional groups attached to an aromatic ring is 1. The van der Waals surface area contributed by atoms with Crippen LogP contribution in [0.3, 0.4) is 0 Å². The highest BCUT2D eigenvalue weighted by Gasteiger charge is 2.06. The molecule has 0 saturated carbocycles. The van der Waals surface area contributed by atoms with Crippen molar-refractivity contribution in [2.45, 2.75) is 6.61 Å². The van der Waals surface area contributed by atoms with E-state index in [1.807, 2.05) is 48.7 Å². The number of anilines is 1. The number of ether oxygens (including phenoxy) is 1. The normalized spacial score (nSPS) is 10.8. The van der Waals surface area contributed by atoms with Crippen molar-refractivity contribution in [2.75, 3.05) is 5.73 Å². The quantitative estimate of drug-likeness (QED) is 0.715. The lowest BCUT2D eigenvalue weighted by Gasteiger charge is -2.05. The maximum atomic E-state index is 5.92. The number of aromatic amines is 1. The van der Waals surface area contributed by atoms with Crippen LogP contribution in [0.1, 0.15) is 5.56 Å². The van der Waals surface area contributed by atoms with E-state index in [2.05, 4.69) is 20.9 Å². The molecule has 0 unspecified atom stereocenters. The first kappa shape index (κ1) is 12.1. The maximum absolute atomic E-state index is 5.92. The van der Waals surface area contributed by atoms with Gasteiger partial charge < -0.3 is 15.5 Å². The number of aromatic nitrogens is 1. The molecule has 0 atom stereocenters. The van der Waals surface area contributed by atoms with E-state index in [0.717, 1.165) is 32.4 Å². The van der Waals surface area contributed by atoms with Gasteiger partial charge in [0.2, 0.25) is 0 Å². The van der Waals surface area contributed by atoms with Gasteiger partial charge in [0.05, 0.1) is 11.2 Å². The number of benzene rings is 2. The zero-order valence-electron chi connectivity index (χ0n) is 10.2. The number of nitrogens with one attached hydrogen (secondary N) is 1. The summed E-state index contributed by atoms with van der Waals surface area (Å²) in [7, 11) is 0. The summed E-state index contributed by atoms with van der Waals surface area (Å²) in [6.45, 7) is 0.514. The van der Waals surface area contributed by atoms with E-state index in [9.17, 15) is 0 Å². The molecule has 0 aliphatic carbocycles. The average Bonchev–Trinajstić information content (AvgIpc) is 2.81. The van der Waals surface area contributed by atoms with Gasteiger partial charge in [-0.05, 0) is 24.3 Å². The molecule has 3 rings (SSSR count). The van der Waals surface area contributed by atoms with E-state index >= 15 is 0 Å². The molecule has 1 heterocycles. The molecule has 0 spiro atoms. The Bertz CT molecular complexity index is 721. The highest BCUT2D eigenvalue weighted by atomic mass is 79.9. The van der Waals surface area contributed by atoms with E-state index in [0.29, 0.717) is 6.61 Å². The molecule has 1 aromatic heterocycles. The second-order valence-electron chi connectivity index (χ2n) is 4.33. The van der Waals surface area contributed by atoms with Crippen molar-refractivity contribution in [3.05, 3.63) is 58.7 Å². The van der Waals surface area contributed by atoms with Crippen LogP contribution in [0.2, 0.25) is 0 Å². The molecule has 3 N–H and O–H groups in total. The Morgan fingerprint density at radius 1 is 1.16 bits per heavy atom. The van der Waals surface area contributed by atoms with Gasteiger partial charge in [-0.25, -0.2) is 0 Å². The summed E-state index contributed by atoms with van der Waals surface area (Å²) < 4.78 is 6.80. The fourth-order valence-corrected chi connectivity index (χ4v) is 2.45. The van der Waals surface area contributed by atoms with E-state index in [1.165, 1.54) is 0 Å². The van der Waals surface area contributed by atoms with Crippen molar-refractivity contribution in [3.63, 3.8) is 0 Å². The predicted octanol–water partition coefficient (Wildman–Crippen LogP) is 4.09. The summed E-state index contributed by atoms with van der Waals surface area (Å²) in [5, 5.41) is 1.11.